The van der Waals surface area contributed by atoms with Crippen LogP contribution in [-0.2, 0) is 0 Å². The molecule has 2 nitrogen and oxygen atoms in total. The van der Waals surface area contributed by atoms with Crippen LogP contribution < -0.4 is 10.6 Å². The molecule has 2 heteroatoms. The average Bonchev–Trinajstić information content (AvgIpc) is 2.89. The zero-order valence-corrected chi connectivity index (χ0v) is 11.7. The summed E-state index contributed by atoms with van der Waals surface area (Å²) in [5.41, 5.74) is 0. The molecule has 2 bridgehead atoms. The Morgan fingerprint density at radius 2 is 1.82 bits per heavy atom. The van der Waals surface area contributed by atoms with Crippen molar-refractivity contribution in [3.63, 3.8) is 0 Å². The Bertz CT molecular complexity index is 215. The van der Waals surface area contributed by atoms with Crippen LogP contribution in [0.5, 0.6) is 0 Å². The Labute approximate surface area is 107 Å². The van der Waals surface area contributed by atoms with E-state index >= 15 is 0 Å². The molecule has 0 saturated heterocycles. The Morgan fingerprint density at radius 1 is 1.00 bits per heavy atom. The lowest BCUT2D eigenvalue weighted by Crippen LogP contribution is -2.31. The highest BCUT2D eigenvalue weighted by Crippen LogP contribution is 2.49. The molecule has 0 aliphatic heterocycles. The third-order valence-electron chi connectivity index (χ3n) is 4.61. The van der Waals surface area contributed by atoms with Gasteiger partial charge in [-0.25, -0.2) is 0 Å². The van der Waals surface area contributed by atoms with Crippen LogP contribution in [0, 0.1) is 23.7 Å². The molecule has 0 spiro atoms. The van der Waals surface area contributed by atoms with Crippen LogP contribution >= 0.6 is 0 Å². The van der Waals surface area contributed by atoms with Crippen molar-refractivity contribution in [1.82, 2.24) is 10.6 Å². The lowest BCUT2D eigenvalue weighted by Gasteiger charge is -2.21. The lowest BCUT2D eigenvalue weighted by atomic mass is 9.86. The summed E-state index contributed by atoms with van der Waals surface area (Å²) in [6.45, 7) is 9.15. The van der Waals surface area contributed by atoms with Crippen LogP contribution in [0.1, 0.15) is 46.0 Å². The minimum atomic E-state index is 0.768. The number of rotatable bonds is 8. The summed E-state index contributed by atoms with van der Waals surface area (Å²) in [5.74, 6) is 4.03. The van der Waals surface area contributed by atoms with Crippen molar-refractivity contribution >= 4 is 0 Å². The van der Waals surface area contributed by atoms with E-state index in [9.17, 15) is 0 Å². The van der Waals surface area contributed by atoms with E-state index < -0.39 is 0 Å². The van der Waals surface area contributed by atoms with Gasteiger partial charge in [-0.2, -0.15) is 0 Å². The van der Waals surface area contributed by atoms with Crippen LogP contribution in [0.25, 0.3) is 0 Å². The fraction of sp³-hybridized carbons (Fsp3) is 1.00. The normalized spacial score (nSPS) is 31.6. The molecule has 0 aromatic rings. The Kier molecular flexibility index (Phi) is 5.30. The van der Waals surface area contributed by atoms with E-state index in [1.54, 1.807) is 6.42 Å². The van der Waals surface area contributed by atoms with E-state index in [0.717, 1.165) is 43.3 Å². The smallest absolute Gasteiger partial charge is 0.00768 e. The maximum Gasteiger partial charge on any atom is 0.00768 e. The van der Waals surface area contributed by atoms with Gasteiger partial charge in [0.15, 0.2) is 0 Å². The molecule has 0 aromatic heterocycles. The molecule has 2 fully saturated rings. The van der Waals surface area contributed by atoms with Crippen molar-refractivity contribution in [3.05, 3.63) is 0 Å². The summed E-state index contributed by atoms with van der Waals surface area (Å²) < 4.78 is 0. The molecule has 0 radical (unpaired) electrons. The van der Waals surface area contributed by atoms with E-state index in [1.165, 1.54) is 32.2 Å². The molecule has 2 saturated carbocycles. The number of hydrogen-bond acceptors (Lipinski definition) is 2. The van der Waals surface area contributed by atoms with Gasteiger partial charge in [-0.15, -0.1) is 0 Å². The second-order valence-corrected chi connectivity index (χ2v) is 6.57. The third-order valence-corrected chi connectivity index (χ3v) is 4.61. The van der Waals surface area contributed by atoms with E-state index in [4.69, 9.17) is 0 Å². The molecule has 2 aliphatic carbocycles. The van der Waals surface area contributed by atoms with Crippen molar-refractivity contribution in [2.75, 3.05) is 26.2 Å². The fourth-order valence-corrected chi connectivity index (χ4v) is 3.71. The third kappa shape index (κ3) is 4.26. The first-order chi connectivity index (χ1) is 8.25. The van der Waals surface area contributed by atoms with Crippen molar-refractivity contribution < 1.29 is 0 Å². The maximum atomic E-state index is 3.58. The quantitative estimate of drug-likeness (QED) is 0.635. The van der Waals surface area contributed by atoms with E-state index in [0.29, 0.717) is 0 Å². The second kappa shape index (κ2) is 6.75. The monoisotopic (exact) mass is 238 g/mol. The van der Waals surface area contributed by atoms with Crippen molar-refractivity contribution in [2.24, 2.45) is 23.7 Å². The van der Waals surface area contributed by atoms with E-state index in [2.05, 4.69) is 24.5 Å². The SMILES string of the molecule is CC(C)CNCCNCCC1CC2CCC1C2. The minimum absolute atomic E-state index is 0.768. The summed E-state index contributed by atoms with van der Waals surface area (Å²) >= 11 is 0. The van der Waals surface area contributed by atoms with E-state index in [1.807, 2.05) is 0 Å². The standard InChI is InChI=1S/C15H30N2/c1-12(2)11-17-8-7-16-6-5-15-10-13-3-4-14(15)9-13/h12-17H,3-11H2,1-2H3. The van der Waals surface area contributed by atoms with Crippen LogP contribution in [0.2, 0.25) is 0 Å². The molecule has 3 unspecified atom stereocenters. The molecule has 0 amide bonds. The summed E-state index contributed by atoms with van der Waals surface area (Å²) in [7, 11) is 0. The first-order valence-corrected chi connectivity index (χ1v) is 7.67. The number of nitrogens with one attached hydrogen (secondary N) is 2. The Hall–Kier alpha value is -0.0800. The molecular formula is C15H30N2. The number of hydrogen-bond donors (Lipinski definition) is 2. The summed E-state index contributed by atoms with van der Waals surface area (Å²) in [5, 5.41) is 7.06. The molecule has 3 atom stereocenters. The molecule has 17 heavy (non-hydrogen) atoms. The zero-order valence-electron chi connectivity index (χ0n) is 11.7. The molecule has 2 rings (SSSR count). The summed E-state index contributed by atoms with van der Waals surface area (Å²) in [6, 6.07) is 0. The van der Waals surface area contributed by atoms with Crippen LogP contribution in [0.4, 0.5) is 0 Å². The largest absolute Gasteiger partial charge is 0.315 e. The Balaban J connectivity index is 1.42. The van der Waals surface area contributed by atoms with Crippen molar-refractivity contribution in [1.29, 1.82) is 0 Å². The molecule has 2 N–H and O–H groups in total. The summed E-state index contributed by atoms with van der Waals surface area (Å²) in [6.07, 6.45) is 7.59. The van der Waals surface area contributed by atoms with Gasteiger partial charge >= 0.3 is 0 Å². The fourth-order valence-electron chi connectivity index (χ4n) is 3.71. The molecule has 100 valence electrons. The molecule has 0 aromatic carbocycles. The Morgan fingerprint density at radius 3 is 2.47 bits per heavy atom. The first-order valence-electron chi connectivity index (χ1n) is 7.67. The first kappa shape index (κ1) is 13.4. The van der Waals surface area contributed by atoms with Gasteiger partial charge in [0.2, 0.25) is 0 Å². The second-order valence-electron chi connectivity index (χ2n) is 6.57. The highest BCUT2D eigenvalue weighted by atomic mass is 14.9. The van der Waals surface area contributed by atoms with Gasteiger partial charge in [0.25, 0.3) is 0 Å². The predicted octanol–water partition coefficient (Wildman–Crippen LogP) is 2.65. The average molecular weight is 238 g/mol. The number of fused-ring (bicyclic) bond motifs is 2. The topological polar surface area (TPSA) is 24.1 Å². The van der Waals surface area contributed by atoms with Crippen molar-refractivity contribution in [2.45, 2.75) is 46.0 Å². The zero-order chi connectivity index (χ0) is 12.1. The van der Waals surface area contributed by atoms with Gasteiger partial charge in [0.05, 0.1) is 0 Å². The van der Waals surface area contributed by atoms with Gasteiger partial charge in [-0.1, -0.05) is 20.3 Å². The minimum Gasteiger partial charge on any atom is -0.315 e. The van der Waals surface area contributed by atoms with Crippen LogP contribution in [0.15, 0.2) is 0 Å². The van der Waals surface area contributed by atoms with Gasteiger partial charge in [-0.3, -0.25) is 0 Å². The lowest BCUT2D eigenvalue weighted by molar-refractivity contribution is 0.310. The highest BCUT2D eigenvalue weighted by molar-refractivity contribution is 4.89. The predicted molar refractivity (Wildman–Crippen MR) is 74.1 cm³/mol. The van der Waals surface area contributed by atoms with Crippen LogP contribution in [0.3, 0.4) is 0 Å². The van der Waals surface area contributed by atoms with E-state index in [-0.39, 0.29) is 0 Å². The molecule has 2 aliphatic rings. The van der Waals surface area contributed by atoms with Gasteiger partial charge in [0, 0.05) is 13.1 Å². The van der Waals surface area contributed by atoms with Crippen LogP contribution in [-0.4, -0.2) is 26.2 Å². The van der Waals surface area contributed by atoms with Gasteiger partial charge in [-0.05, 0) is 62.4 Å². The molecule has 0 heterocycles. The molecular weight excluding hydrogens is 208 g/mol. The highest BCUT2D eigenvalue weighted by Gasteiger charge is 2.38. The summed E-state index contributed by atoms with van der Waals surface area (Å²) in [4.78, 5) is 0. The maximum absolute atomic E-state index is 3.58. The van der Waals surface area contributed by atoms with Crippen molar-refractivity contribution in [3.8, 4) is 0 Å². The van der Waals surface area contributed by atoms with Gasteiger partial charge in [0.1, 0.15) is 0 Å². The van der Waals surface area contributed by atoms with Gasteiger partial charge < -0.3 is 10.6 Å².